The molecule has 0 atom stereocenters. The fraction of sp³-hybridized carbons (Fsp3) is 1.00. The highest BCUT2D eigenvalue weighted by Crippen LogP contribution is 2.25. The van der Waals surface area contributed by atoms with Gasteiger partial charge in [-0.2, -0.15) is 0 Å². The van der Waals surface area contributed by atoms with Crippen LogP contribution in [0, 0.1) is 0 Å². The van der Waals surface area contributed by atoms with E-state index in [0.717, 1.165) is 0 Å². The molecule has 0 aromatic heterocycles. The highest BCUT2D eigenvalue weighted by atomic mass is 31.2. The van der Waals surface area contributed by atoms with E-state index < -0.39 is 7.82 Å². The third kappa shape index (κ3) is 58.8. The average Bonchev–Trinajstić information content (AvgIpc) is 2.71. The summed E-state index contributed by atoms with van der Waals surface area (Å²) in [5, 5.41) is 0. The van der Waals surface area contributed by atoms with Crippen LogP contribution in [-0.4, -0.2) is 14.7 Å². The van der Waals surface area contributed by atoms with Gasteiger partial charge in [0.1, 0.15) is 0 Å². The Morgan fingerprint density at radius 1 is 0.355 bits per heavy atom. The molecule has 0 saturated carbocycles. The van der Waals surface area contributed by atoms with Crippen molar-refractivity contribution in [1.82, 2.24) is 0 Å². The molecule has 0 aliphatic carbocycles. The van der Waals surface area contributed by atoms with Crippen LogP contribution in [0.5, 0.6) is 0 Å². The van der Waals surface area contributed by atoms with Gasteiger partial charge in [-0.3, -0.25) is 0 Å². The number of phosphoric acid groups is 1. The van der Waals surface area contributed by atoms with Crippen molar-refractivity contribution in [1.29, 1.82) is 0 Å². The minimum atomic E-state index is -4.64. The Bertz CT molecular complexity index is 281. The molecule has 0 bridgehead atoms. The summed E-state index contributed by atoms with van der Waals surface area (Å²) >= 11 is 0. The molecule has 0 spiro atoms. The Labute approximate surface area is 196 Å². The van der Waals surface area contributed by atoms with Crippen molar-refractivity contribution < 1.29 is 19.2 Å². The normalized spacial score (nSPS) is 10.8. The number of rotatable bonds is 20. The van der Waals surface area contributed by atoms with Gasteiger partial charge < -0.3 is 14.7 Å². The molecule has 5 heteroatoms. The summed E-state index contributed by atoms with van der Waals surface area (Å²) in [6.07, 6.45) is 31.9. The average molecular weight is 467 g/mol. The SMILES string of the molecule is CCCCCCCCCCCCC.CCCCCCCCCCCCC.O=P(O)(O)O. The fourth-order valence-electron chi connectivity index (χ4n) is 3.47. The maximum absolute atomic E-state index is 8.88. The third-order valence-corrected chi connectivity index (χ3v) is 5.41. The Hall–Kier alpha value is 0.110. The lowest BCUT2D eigenvalue weighted by Crippen LogP contribution is -1.80. The van der Waals surface area contributed by atoms with Crippen LogP contribution in [0.1, 0.15) is 169 Å². The molecule has 0 unspecified atom stereocenters. The molecular formula is C26H59O4P. The first-order valence-corrected chi connectivity index (χ1v) is 15.2. The van der Waals surface area contributed by atoms with Gasteiger partial charge in [-0.15, -0.1) is 0 Å². The van der Waals surface area contributed by atoms with Crippen LogP contribution in [-0.2, 0) is 4.57 Å². The zero-order valence-electron chi connectivity index (χ0n) is 21.8. The van der Waals surface area contributed by atoms with E-state index in [1.165, 1.54) is 141 Å². The monoisotopic (exact) mass is 466 g/mol. The predicted molar refractivity (Wildman–Crippen MR) is 139 cm³/mol. The molecule has 3 N–H and O–H groups in total. The molecule has 192 valence electrons. The molecule has 0 fully saturated rings. The topological polar surface area (TPSA) is 77.8 Å². The van der Waals surface area contributed by atoms with Crippen molar-refractivity contribution in [2.45, 2.75) is 169 Å². The lowest BCUT2D eigenvalue weighted by molar-refractivity contribution is 0.275. The highest BCUT2D eigenvalue weighted by Gasteiger charge is 2.00. The van der Waals surface area contributed by atoms with E-state index in [4.69, 9.17) is 19.2 Å². The first-order chi connectivity index (χ1) is 14.8. The van der Waals surface area contributed by atoms with Crippen LogP contribution >= 0.6 is 7.82 Å². The largest absolute Gasteiger partial charge is 0.466 e. The second-order valence-corrected chi connectivity index (χ2v) is 9.90. The van der Waals surface area contributed by atoms with E-state index in [-0.39, 0.29) is 0 Å². The molecule has 0 amide bonds. The minimum absolute atomic E-state index is 1.37. The van der Waals surface area contributed by atoms with E-state index in [0.29, 0.717) is 0 Å². The summed E-state index contributed by atoms with van der Waals surface area (Å²) in [4.78, 5) is 21.6. The molecular weight excluding hydrogens is 407 g/mol. The van der Waals surface area contributed by atoms with Crippen LogP contribution in [0.25, 0.3) is 0 Å². The maximum Gasteiger partial charge on any atom is 0.466 e. The van der Waals surface area contributed by atoms with Gasteiger partial charge in [0.05, 0.1) is 0 Å². The zero-order valence-corrected chi connectivity index (χ0v) is 22.6. The van der Waals surface area contributed by atoms with E-state index in [1.807, 2.05) is 0 Å². The first kappa shape index (κ1) is 35.7. The smallest absolute Gasteiger partial charge is 0.303 e. The van der Waals surface area contributed by atoms with Gasteiger partial charge in [-0.25, -0.2) is 4.57 Å². The summed E-state index contributed by atoms with van der Waals surface area (Å²) in [7, 11) is -4.64. The summed E-state index contributed by atoms with van der Waals surface area (Å²) in [5.74, 6) is 0. The van der Waals surface area contributed by atoms with Crippen LogP contribution in [0.15, 0.2) is 0 Å². The standard InChI is InChI=1S/2C13H28.H3O4P/c2*1-3-5-7-9-11-13-12-10-8-6-4-2;1-5(2,3)4/h2*3-13H2,1-2H3;(H3,1,2,3,4). The molecule has 0 aromatic carbocycles. The van der Waals surface area contributed by atoms with Crippen molar-refractivity contribution >= 4 is 7.82 Å². The Kier molecular flexibility index (Phi) is 37.2. The lowest BCUT2D eigenvalue weighted by Gasteiger charge is -2.00. The van der Waals surface area contributed by atoms with Gasteiger partial charge in [0.2, 0.25) is 0 Å². The molecule has 31 heavy (non-hydrogen) atoms. The molecule has 0 saturated heterocycles. The maximum atomic E-state index is 8.88. The third-order valence-electron chi connectivity index (χ3n) is 5.41. The van der Waals surface area contributed by atoms with E-state index in [9.17, 15) is 0 Å². The van der Waals surface area contributed by atoms with Crippen molar-refractivity contribution in [2.75, 3.05) is 0 Å². The van der Waals surface area contributed by atoms with Gasteiger partial charge in [0.15, 0.2) is 0 Å². The van der Waals surface area contributed by atoms with Gasteiger partial charge >= 0.3 is 7.82 Å². The van der Waals surface area contributed by atoms with Crippen molar-refractivity contribution in [3.63, 3.8) is 0 Å². The zero-order chi connectivity index (χ0) is 24.1. The van der Waals surface area contributed by atoms with E-state index in [1.54, 1.807) is 0 Å². The second-order valence-electron chi connectivity index (χ2n) is 8.88. The quantitative estimate of drug-likeness (QED) is 0.123. The molecule has 0 aliphatic heterocycles. The molecule has 0 radical (unpaired) electrons. The Morgan fingerprint density at radius 3 is 0.548 bits per heavy atom. The van der Waals surface area contributed by atoms with Crippen LogP contribution in [0.2, 0.25) is 0 Å². The van der Waals surface area contributed by atoms with E-state index in [2.05, 4.69) is 27.7 Å². The van der Waals surface area contributed by atoms with Crippen LogP contribution in [0.3, 0.4) is 0 Å². The highest BCUT2D eigenvalue weighted by molar-refractivity contribution is 7.45. The summed E-state index contributed by atoms with van der Waals surface area (Å²) in [6.45, 7) is 9.13. The molecule has 0 rings (SSSR count). The minimum Gasteiger partial charge on any atom is -0.303 e. The number of hydrogen-bond donors (Lipinski definition) is 3. The molecule has 0 aliphatic rings. The second kappa shape index (κ2) is 32.3. The molecule has 4 nitrogen and oxygen atoms in total. The summed E-state index contributed by atoms with van der Waals surface area (Å²) in [6, 6.07) is 0. The van der Waals surface area contributed by atoms with Crippen LogP contribution in [0.4, 0.5) is 0 Å². The van der Waals surface area contributed by atoms with Crippen LogP contribution < -0.4 is 0 Å². The van der Waals surface area contributed by atoms with Gasteiger partial charge in [0, 0.05) is 0 Å². The molecule has 0 aromatic rings. The number of unbranched alkanes of at least 4 members (excludes halogenated alkanes) is 20. The van der Waals surface area contributed by atoms with Crippen molar-refractivity contribution in [3.8, 4) is 0 Å². The van der Waals surface area contributed by atoms with Crippen molar-refractivity contribution in [2.24, 2.45) is 0 Å². The predicted octanol–water partition coefficient (Wildman–Crippen LogP) is 9.71. The molecule has 0 heterocycles. The first-order valence-electron chi connectivity index (χ1n) is 13.6. The van der Waals surface area contributed by atoms with Gasteiger partial charge in [-0.1, -0.05) is 169 Å². The fourth-order valence-corrected chi connectivity index (χ4v) is 3.47. The number of hydrogen-bond acceptors (Lipinski definition) is 1. The van der Waals surface area contributed by atoms with Crippen molar-refractivity contribution in [3.05, 3.63) is 0 Å². The van der Waals surface area contributed by atoms with Gasteiger partial charge in [0.25, 0.3) is 0 Å². The van der Waals surface area contributed by atoms with Gasteiger partial charge in [-0.05, 0) is 0 Å². The summed E-state index contributed by atoms with van der Waals surface area (Å²) < 4.78 is 8.88. The Balaban J connectivity index is -0.000000416. The van der Waals surface area contributed by atoms with E-state index >= 15 is 0 Å². The summed E-state index contributed by atoms with van der Waals surface area (Å²) in [5.41, 5.74) is 0. The lowest BCUT2D eigenvalue weighted by atomic mass is 10.1. The Morgan fingerprint density at radius 2 is 0.452 bits per heavy atom.